The molecule has 24 heavy (non-hydrogen) atoms. The molecule has 124 valence electrons. The summed E-state index contributed by atoms with van der Waals surface area (Å²) in [6.45, 7) is 5.07. The van der Waals surface area contributed by atoms with Crippen molar-refractivity contribution in [3.05, 3.63) is 70.5 Å². The largest absolute Gasteiger partial charge is 0.383 e. The molecule has 2 aromatic heterocycles. The summed E-state index contributed by atoms with van der Waals surface area (Å²) in [4.78, 5) is 16.9. The first-order valence-corrected chi connectivity index (χ1v) is 7.91. The smallest absolute Gasteiger partial charge is 0.252 e. The first-order valence-electron chi connectivity index (χ1n) is 7.91. The minimum Gasteiger partial charge on any atom is -0.383 e. The Morgan fingerprint density at radius 1 is 1.17 bits per heavy atom. The molecule has 0 radical (unpaired) electrons. The second-order valence-corrected chi connectivity index (χ2v) is 5.82. The highest BCUT2D eigenvalue weighted by Crippen LogP contribution is 2.21. The third-order valence-corrected chi connectivity index (χ3v) is 3.99. The lowest BCUT2D eigenvalue weighted by Crippen LogP contribution is -2.21. The van der Waals surface area contributed by atoms with Crippen LogP contribution in [0.5, 0.6) is 0 Å². The van der Waals surface area contributed by atoms with Crippen molar-refractivity contribution < 1.29 is 4.74 Å². The van der Waals surface area contributed by atoms with Gasteiger partial charge in [0, 0.05) is 37.7 Å². The third kappa shape index (κ3) is 3.31. The third-order valence-electron chi connectivity index (χ3n) is 3.99. The highest BCUT2D eigenvalue weighted by atomic mass is 16.5. The van der Waals surface area contributed by atoms with Crippen LogP contribution in [-0.4, -0.2) is 27.8 Å². The van der Waals surface area contributed by atoms with E-state index < -0.39 is 0 Å². The number of hydrogen-bond donors (Lipinski definition) is 0. The van der Waals surface area contributed by atoms with Crippen LogP contribution in [0.1, 0.15) is 11.4 Å². The molecule has 5 nitrogen and oxygen atoms in total. The van der Waals surface area contributed by atoms with E-state index in [1.54, 1.807) is 23.9 Å². The lowest BCUT2D eigenvalue weighted by Gasteiger charge is -2.08. The van der Waals surface area contributed by atoms with Gasteiger partial charge in [-0.25, -0.2) is 4.98 Å². The lowest BCUT2D eigenvalue weighted by molar-refractivity contribution is 0.186. The van der Waals surface area contributed by atoms with Crippen LogP contribution >= 0.6 is 0 Å². The fraction of sp³-hybridized carbons (Fsp3) is 0.263. The first-order chi connectivity index (χ1) is 11.6. The van der Waals surface area contributed by atoms with Gasteiger partial charge >= 0.3 is 0 Å². The van der Waals surface area contributed by atoms with E-state index >= 15 is 0 Å². The summed E-state index contributed by atoms with van der Waals surface area (Å²) in [5, 5.41) is 0. The summed E-state index contributed by atoms with van der Waals surface area (Å²) in [6, 6.07) is 11.8. The Labute approximate surface area is 141 Å². The van der Waals surface area contributed by atoms with Crippen molar-refractivity contribution >= 4 is 0 Å². The van der Waals surface area contributed by atoms with Crippen molar-refractivity contribution in [2.24, 2.45) is 0 Å². The van der Waals surface area contributed by atoms with Crippen molar-refractivity contribution in [1.29, 1.82) is 0 Å². The van der Waals surface area contributed by atoms with Crippen molar-refractivity contribution in [3.63, 3.8) is 0 Å². The van der Waals surface area contributed by atoms with Crippen LogP contribution in [0.25, 0.3) is 16.9 Å². The average molecular weight is 323 g/mol. The van der Waals surface area contributed by atoms with E-state index in [9.17, 15) is 4.79 Å². The fourth-order valence-electron chi connectivity index (χ4n) is 2.70. The molecule has 1 aromatic carbocycles. The minimum absolute atomic E-state index is 0.0465. The zero-order valence-electron chi connectivity index (χ0n) is 14.2. The molecule has 0 aliphatic carbocycles. The Hall–Kier alpha value is -2.66. The second-order valence-electron chi connectivity index (χ2n) is 5.82. The van der Waals surface area contributed by atoms with Gasteiger partial charge in [0.15, 0.2) is 0 Å². The minimum atomic E-state index is -0.0465. The summed E-state index contributed by atoms with van der Waals surface area (Å²) in [5.41, 5.74) is 3.94. The normalized spacial score (nSPS) is 11.0. The Bertz CT molecular complexity index is 909. The molecule has 0 amide bonds. The predicted molar refractivity (Wildman–Crippen MR) is 94.6 cm³/mol. The Kier molecular flexibility index (Phi) is 4.62. The molecule has 3 aromatic rings. The van der Waals surface area contributed by atoms with Gasteiger partial charge in [0.2, 0.25) is 0 Å². The number of benzene rings is 1. The summed E-state index contributed by atoms with van der Waals surface area (Å²) in [6.07, 6.45) is 3.76. The lowest BCUT2D eigenvalue weighted by atomic mass is 10.1. The molecule has 2 heterocycles. The van der Waals surface area contributed by atoms with Crippen LogP contribution in [-0.2, 0) is 11.3 Å². The maximum Gasteiger partial charge on any atom is 0.252 e. The standard InChI is InChI=1S/C19H21N3O2/c1-14-5-4-6-16(11-14)18-13-22(15(2)20-18)17-7-8-21(9-10-24-3)19(23)12-17/h4-8,11-13H,9-10H2,1-3H3. The van der Waals surface area contributed by atoms with Gasteiger partial charge in [0.1, 0.15) is 5.82 Å². The number of imidazole rings is 1. The maximum atomic E-state index is 12.2. The molecule has 0 bridgehead atoms. The van der Waals surface area contributed by atoms with Crippen molar-refractivity contribution in [3.8, 4) is 16.9 Å². The molecule has 0 fully saturated rings. The Balaban J connectivity index is 1.96. The molecule has 3 rings (SSSR count). The number of aryl methyl sites for hydroxylation is 2. The SMILES string of the molecule is COCCn1ccc(-n2cc(-c3cccc(C)c3)nc2C)cc1=O. The van der Waals surface area contributed by atoms with Crippen LogP contribution < -0.4 is 5.56 Å². The van der Waals surface area contributed by atoms with Gasteiger partial charge in [-0.3, -0.25) is 4.79 Å². The number of hydrogen-bond acceptors (Lipinski definition) is 3. The van der Waals surface area contributed by atoms with Gasteiger partial charge in [-0.05, 0) is 26.0 Å². The zero-order valence-corrected chi connectivity index (χ0v) is 14.2. The molecule has 5 heteroatoms. The number of rotatable bonds is 5. The monoisotopic (exact) mass is 323 g/mol. The molecule has 0 saturated heterocycles. The van der Waals surface area contributed by atoms with E-state index in [0.717, 1.165) is 22.8 Å². The summed E-state index contributed by atoms with van der Waals surface area (Å²) in [5.74, 6) is 0.848. The molecule has 0 saturated carbocycles. The maximum absolute atomic E-state index is 12.2. The summed E-state index contributed by atoms with van der Waals surface area (Å²) in [7, 11) is 1.63. The predicted octanol–water partition coefficient (Wildman–Crippen LogP) is 2.96. The van der Waals surface area contributed by atoms with Crippen LogP contribution in [0.2, 0.25) is 0 Å². The Morgan fingerprint density at radius 2 is 2.00 bits per heavy atom. The van der Waals surface area contributed by atoms with Crippen molar-refractivity contribution in [2.75, 3.05) is 13.7 Å². The average Bonchev–Trinajstić information content (AvgIpc) is 2.95. The fourth-order valence-corrected chi connectivity index (χ4v) is 2.70. The number of ether oxygens (including phenoxy) is 1. The number of pyridine rings is 1. The Morgan fingerprint density at radius 3 is 2.71 bits per heavy atom. The highest BCUT2D eigenvalue weighted by Gasteiger charge is 2.09. The van der Waals surface area contributed by atoms with E-state index in [1.807, 2.05) is 35.9 Å². The molecule has 0 aliphatic heterocycles. The molecule has 0 unspecified atom stereocenters. The molecule has 0 aliphatic rings. The van der Waals surface area contributed by atoms with E-state index in [-0.39, 0.29) is 5.56 Å². The molecule has 0 atom stereocenters. The molecule has 0 N–H and O–H groups in total. The van der Waals surface area contributed by atoms with Crippen molar-refractivity contribution in [2.45, 2.75) is 20.4 Å². The highest BCUT2D eigenvalue weighted by molar-refractivity contribution is 5.60. The van der Waals surface area contributed by atoms with Crippen LogP contribution in [0.15, 0.2) is 53.6 Å². The molecule has 0 spiro atoms. The zero-order chi connectivity index (χ0) is 17.1. The van der Waals surface area contributed by atoms with Crippen molar-refractivity contribution in [1.82, 2.24) is 14.1 Å². The van der Waals surface area contributed by atoms with Gasteiger partial charge in [-0.2, -0.15) is 0 Å². The van der Waals surface area contributed by atoms with Gasteiger partial charge in [0.05, 0.1) is 18.0 Å². The van der Waals surface area contributed by atoms with Crippen LogP contribution in [0.4, 0.5) is 0 Å². The number of methoxy groups -OCH3 is 1. The van der Waals surface area contributed by atoms with Gasteiger partial charge in [-0.15, -0.1) is 0 Å². The number of aromatic nitrogens is 3. The van der Waals surface area contributed by atoms with Crippen LogP contribution in [0, 0.1) is 13.8 Å². The molecular formula is C19H21N3O2. The number of nitrogens with zero attached hydrogens (tertiary/aromatic N) is 3. The van der Waals surface area contributed by atoms with E-state index in [1.165, 1.54) is 5.56 Å². The summed E-state index contributed by atoms with van der Waals surface area (Å²) < 4.78 is 8.61. The van der Waals surface area contributed by atoms with Gasteiger partial charge in [0.25, 0.3) is 5.56 Å². The van der Waals surface area contributed by atoms with Gasteiger partial charge < -0.3 is 13.9 Å². The van der Waals surface area contributed by atoms with Crippen LogP contribution in [0.3, 0.4) is 0 Å². The van der Waals surface area contributed by atoms with E-state index in [2.05, 4.69) is 24.0 Å². The topological polar surface area (TPSA) is 49.0 Å². The van der Waals surface area contributed by atoms with E-state index in [0.29, 0.717) is 13.2 Å². The quantitative estimate of drug-likeness (QED) is 0.725. The summed E-state index contributed by atoms with van der Waals surface area (Å²) >= 11 is 0. The molecular weight excluding hydrogens is 302 g/mol. The second kappa shape index (κ2) is 6.84. The first kappa shape index (κ1) is 16.2. The van der Waals surface area contributed by atoms with E-state index in [4.69, 9.17) is 4.74 Å². The van der Waals surface area contributed by atoms with Gasteiger partial charge in [-0.1, -0.05) is 23.8 Å².